The van der Waals surface area contributed by atoms with Crippen molar-refractivity contribution in [3.05, 3.63) is 0 Å². The van der Waals surface area contributed by atoms with Gasteiger partial charge >= 0.3 is 0 Å². The summed E-state index contributed by atoms with van der Waals surface area (Å²) >= 11 is 1.76. The van der Waals surface area contributed by atoms with Crippen molar-refractivity contribution in [1.82, 2.24) is 0 Å². The standard InChI is InChI=1S/C6H14O2S2/c1-9-5-3-4-6-10(2,7)8/h3-6H2,1-2H3. The topological polar surface area (TPSA) is 34.1 Å². The van der Waals surface area contributed by atoms with Crippen LogP contribution in [0.25, 0.3) is 0 Å². The van der Waals surface area contributed by atoms with Crippen LogP contribution in [0.4, 0.5) is 0 Å². The maximum atomic E-state index is 10.6. The molecule has 4 heteroatoms. The van der Waals surface area contributed by atoms with Crippen molar-refractivity contribution in [2.24, 2.45) is 0 Å². The first-order valence-electron chi connectivity index (χ1n) is 3.23. The number of rotatable bonds is 5. The van der Waals surface area contributed by atoms with Gasteiger partial charge in [0, 0.05) is 12.0 Å². The summed E-state index contributed by atoms with van der Waals surface area (Å²) in [7, 11) is -2.71. The fraction of sp³-hybridized carbons (Fsp3) is 1.00. The van der Waals surface area contributed by atoms with Gasteiger partial charge in [-0.15, -0.1) is 0 Å². The van der Waals surface area contributed by atoms with Crippen LogP contribution in [-0.2, 0) is 9.84 Å². The number of hydrogen-bond acceptors (Lipinski definition) is 3. The van der Waals surface area contributed by atoms with Crippen LogP contribution in [0.2, 0.25) is 0 Å². The van der Waals surface area contributed by atoms with E-state index in [1.165, 1.54) is 6.26 Å². The van der Waals surface area contributed by atoms with E-state index in [1.807, 2.05) is 6.26 Å². The monoisotopic (exact) mass is 182 g/mol. The minimum Gasteiger partial charge on any atom is -0.229 e. The van der Waals surface area contributed by atoms with Gasteiger partial charge in [-0.1, -0.05) is 0 Å². The summed E-state index contributed by atoms with van der Waals surface area (Å²) < 4.78 is 21.2. The van der Waals surface area contributed by atoms with Gasteiger partial charge in [-0.3, -0.25) is 0 Å². The second-order valence-corrected chi connectivity index (χ2v) is 5.58. The Balaban J connectivity index is 3.21. The summed E-state index contributed by atoms with van der Waals surface area (Å²) in [6.07, 6.45) is 5.13. The summed E-state index contributed by atoms with van der Waals surface area (Å²) in [4.78, 5) is 0. The Hall–Kier alpha value is 0.300. The fourth-order valence-corrected chi connectivity index (χ4v) is 1.83. The first kappa shape index (κ1) is 10.3. The van der Waals surface area contributed by atoms with Crippen LogP contribution in [0.5, 0.6) is 0 Å². The summed E-state index contributed by atoms with van der Waals surface area (Å²) in [5, 5.41) is 0. The zero-order valence-corrected chi connectivity index (χ0v) is 8.09. The second-order valence-electron chi connectivity index (χ2n) is 2.33. The van der Waals surface area contributed by atoms with Gasteiger partial charge in [-0.2, -0.15) is 11.8 Å². The first-order chi connectivity index (χ1) is 4.56. The van der Waals surface area contributed by atoms with Crippen molar-refractivity contribution in [2.75, 3.05) is 24.0 Å². The summed E-state index contributed by atoms with van der Waals surface area (Å²) in [5.41, 5.74) is 0. The maximum Gasteiger partial charge on any atom is 0.147 e. The van der Waals surface area contributed by atoms with E-state index in [0.717, 1.165) is 18.6 Å². The van der Waals surface area contributed by atoms with Crippen molar-refractivity contribution in [2.45, 2.75) is 12.8 Å². The van der Waals surface area contributed by atoms with Crippen molar-refractivity contribution in [3.8, 4) is 0 Å². The predicted molar refractivity (Wildman–Crippen MR) is 47.3 cm³/mol. The lowest BCUT2D eigenvalue weighted by molar-refractivity contribution is 0.598. The Bertz CT molecular complexity index is 161. The van der Waals surface area contributed by atoms with Crippen LogP contribution < -0.4 is 0 Å². The van der Waals surface area contributed by atoms with Gasteiger partial charge in [0.1, 0.15) is 9.84 Å². The van der Waals surface area contributed by atoms with Crippen LogP contribution >= 0.6 is 11.8 Å². The molecule has 0 unspecified atom stereocenters. The Labute approximate surface area is 67.3 Å². The van der Waals surface area contributed by atoms with E-state index < -0.39 is 9.84 Å². The Morgan fingerprint density at radius 1 is 1.30 bits per heavy atom. The quantitative estimate of drug-likeness (QED) is 0.599. The molecule has 0 aliphatic heterocycles. The molecular weight excluding hydrogens is 168 g/mol. The van der Waals surface area contributed by atoms with Gasteiger partial charge in [0.25, 0.3) is 0 Å². The van der Waals surface area contributed by atoms with Crippen molar-refractivity contribution in [3.63, 3.8) is 0 Å². The van der Waals surface area contributed by atoms with Crippen molar-refractivity contribution >= 4 is 21.6 Å². The largest absolute Gasteiger partial charge is 0.229 e. The molecular formula is C6H14O2S2. The van der Waals surface area contributed by atoms with Crippen LogP contribution in [0.1, 0.15) is 12.8 Å². The maximum absolute atomic E-state index is 10.6. The molecule has 0 heterocycles. The number of hydrogen-bond donors (Lipinski definition) is 0. The molecule has 10 heavy (non-hydrogen) atoms. The highest BCUT2D eigenvalue weighted by Crippen LogP contribution is 2.00. The zero-order chi connectivity index (χ0) is 8.04. The van der Waals surface area contributed by atoms with E-state index in [-0.39, 0.29) is 0 Å². The van der Waals surface area contributed by atoms with E-state index >= 15 is 0 Å². The third-order valence-electron chi connectivity index (χ3n) is 1.11. The summed E-state index contributed by atoms with van der Waals surface area (Å²) in [5.74, 6) is 1.41. The van der Waals surface area contributed by atoms with Crippen LogP contribution in [0, 0.1) is 0 Å². The predicted octanol–water partition coefficient (Wildman–Crippen LogP) is 1.17. The van der Waals surface area contributed by atoms with E-state index in [4.69, 9.17) is 0 Å². The Morgan fingerprint density at radius 2 is 1.90 bits per heavy atom. The third-order valence-corrected chi connectivity index (χ3v) is 2.84. The molecule has 0 bridgehead atoms. The molecule has 0 aromatic heterocycles. The number of sulfone groups is 1. The van der Waals surface area contributed by atoms with Gasteiger partial charge in [-0.05, 0) is 24.9 Å². The molecule has 0 saturated carbocycles. The molecule has 0 fully saturated rings. The minimum atomic E-state index is -2.71. The van der Waals surface area contributed by atoms with Gasteiger partial charge < -0.3 is 0 Å². The van der Waals surface area contributed by atoms with Crippen molar-refractivity contribution in [1.29, 1.82) is 0 Å². The number of thioether (sulfide) groups is 1. The summed E-state index contributed by atoms with van der Waals surface area (Å²) in [6.45, 7) is 0. The lowest BCUT2D eigenvalue weighted by Crippen LogP contribution is -2.02. The van der Waals surface area contributed by atoms with Gasteiger partial charge in [0.15, 0.2) is 0 Å². The van der Waals surface area contributed by atoms with Crippen LogP contribution in [-0.4, -0.2) is 32.4 Å². The molecule has 0 rings (SSSR count). The highest BCUT2D eigenvalue weighted by molar-refractivity contribution is 7.98. The second kappa shape index (κ2) is 5.02. The molecule has 0 aliphatic carbocycles. The number of unbranched alkanes of at least 4 members (excludes halogenated alkanes) is 1. The fourth-order valence-electron chi connectivity index (χ4n) is 0.611. The van der Waals surface area contributed by atoms with Gasteiger partial charge in [0.05, 0.1) is 0 Å². The normalized spacial score (nSPS) is 11.8. The minimum absolute atomic E-state index is 0.341. The third kappa shape index (κ3) is 8.30. The Morgan fingerprint density at radius 3 is 2.30 bits per heavy atom. The SMILES string of the molecule is CSCCCCS(C)(=O)=O. The van der Waals surface area contributed by atoms with E-state index in [9.17, 15) is 8.42 Å². The van der Waals surface area contributed by atoms with E-state index in [0.29, 0.717) is 5.75 Å². The average Bonchev–Trinajstić information content (AvgIpc) is 1.78. The van der Waals surface area contributed by atoms with Crippen molar-refractivity contribution < 1.29 is 8.42 Å². The average molecular weight is 182 g/mol. The molecule has 0 aromatic rings. The lowest BCUT2D eigenvalue weighted by Gasteiger charge is -1.96. The molecule has 0 atom stereocenters. The molecule has 0 saturated heterocycles. The van der Waals surface area contributed by atoms with E-state index in [2.05, 4.69) is 0 Å². The highest BCUT2D eigenvalue weighted by Gasteiger charge is 1.99. The molecule has 0 aromatic carbocycles. The molecule has 0 aliphatic rings. The zero-order valence-electron chi connectivity index (χ0n) is 6.46. The first-order valence-corrected chi connectivity index (χ1v) is 6.68. The summed E-state index contributed by atoms with van der Waals surface area (Å²) in [6, 6.07) is 0. The highest BCUT2D eigenvalue weighted by atomic mass is 32.2. The van der Waals surface area contributed by atoms with Crippen LogP contribution in [0.3, 0.4) is 0 Å². The Kier molecular flexibility index (Phi) is 5.17. The molecule has 0 radical (unpaired) electrons. The lowest BCUT2D eigenvalue weighted by atomic mass is 10.4. The smallest absolute Gasteiger partial charge is 0.147 e. The molecule has 0 N–H and O–H groups in total. The molecule has 2 nitrogen and oxygen atoms in total. The molecule has 0 spiro atoms. The van der Waals surface area contributed by atoms with E-state index in [1.54, 1.807) is 11.8 Å². The van der Waals surface area contributed by atoms with Crippen LogP contribution in [0.15, 0.2) is 0 Å². The molecule has 62 valence electrons. The van der Waals surface area contributed by atoms with Gasteiger partial charge in [0.2, 0.25) is 0 Å². The van der Waals surface area contributed by atoms with Gasteiger partial charge in [-0.25, -0.2) is 8.42 Å². The molecule has 0 amide bonds.